The molecule has 0 heterocycles. The summed E-state index contributed by atoms with van der Waals surface area (Å²) in [5.74, 6) is 0.0414. The van der Waals surface area contributed by atoms with Gasteiger partial charge in [0.15, 0.2) is 0 Å². The minimum atomic E-state index is -2.89. The van der Waals surface area contributed by atoms with Crippen LogP contribution in [-0.4, -0.2) is 11.7 Å². The molecule has 0 spiro atoms. The first kappa shape index (κ1) is 15.4. The maximum atomic E-state index is 12.3. The second kappa shape index (κ2) is 7.74. The largest absolute Gasteiger partial charge is 0.434 e. The molecule has 0 fully saturated rings. The maximum Gasteiger partial charge on any atom is 0.387 e. The first-order valence-corrected chi connectivity index (χ1v) is 6.92. The maximum absolute atomic E-state index is 12.3. The molecule has 2 aromatic carbocycles. The quantitative estimate of drug-likeness (QED) is 0.822. The molecule has 2 aromatic rings. The van der Waals surface area contributed by atoms with Gasteiger partial charge in [0.1, 0.15) is 5.75 Å². The second-order valence-corrected chi connectivity index (χ2v) is 4.81. The fourth-order valence-corrected chi connectivity index (χ4v) is 2.26. The van der Waals surface area contributed by atoms with Gasteiger partial charge >= 0.3 is 6.61 Å². The smallest absolute Gasteiger partial charge is 0.387 e. The minimum absolute atomic E-state index is 0.0414. The van der Waals surface area contributed by atoms with E-state index in [0.717, 1.165) is 12.8 Å². The Kier molecular flexibility index (Phi) is 5.69. The van der Waals surface area contributed by atoms with E-state index in [4.69, 9.17) is 0 Å². The van der Waals surface area contributed by atoms with Crippen molar-refractivity contribution < 1.29 is 18.6 Å². The first-order chi connectivity index (χ1) is 10.2. The van der Waals surface area contributed by atoms with Crippen LogP contribution in [-0.2, 0) is 6.42 Å². The Morgan fingerprint density at radius 3 is 2.33 bits per heavy atom. The molecule has 0 saturated heterocycles. The number of halogens is 2. The fourth-order valence-electron chi connectivity index (χ4n) is 2.26. The lowest BCUT2D eigenvalue weighted by molar-refractivity contribution is -0.0516. The second-order valence-electron chi connectivity index (χ2n) is 4.81. The molecule has 112 valence electrons. The Labute approximate surface area is 123 Å². The summed E-state index contributed by atoms with van der Waals surface area (Å²) in [6.45, 7) is -2.89. The molecule has 0 radical (unpaired) electrons. The number of rotatable bonds is 7. The van der Waals surface area contributed by atoms with Crippen LogP contribution in [0.15, 0.2) is 54.6 Å². The summed E-state index contributed by atoms with van der Waals surface area (Å²) in [6.07, 6.45) is 1.31. The molecule has 2 nitrogen and oxygen atoms in total. The highest BCUT2D eigenvalue weighted by Gasteiger charge is 2.15. The summed E-state index contributed by atoms with van der Waals surface area (Å²) in [5.41, 5.74) is 1.60. The van der Waals surface area contributed by atoms with Gasteiger partial charge in [-0.3, -0.25) is 0 Å². The molecule has 1 unspecified atom stereocenters. The van der Waals surface area contributed by atoms with E-state index >= 15 is 0 Å². The van der Waals surface area contributed by atoms with E-state index in [2.05, 4.69) is 4.74 Å². The number of alkyl halides is 2. The lowest BCUT2D eigenvalue weighted by Crippen LogP contribution is -2.07. The number of hydrogen-bond donors (Lipinski definition) is 1. The van der Waals surface area contributed by atoms with Gasteiger partial charge in [-0.25, -0.2) is 0 Å². The normalized spacial score (nSPS) is 12.4. The Balaban J connectivity index is 1.92. The van der Waals surface area contributed by atoms with Gasteiger partial charge in [0.2, 0.25) is 0 Å². The molecule has 0 aliphatic carbocycles. The Morgan fingerprint density at radius 1 is 0.952 bits per heavy atom. The Hall–Kier alpha value is -1.94. The molecule has 0 aliphatic rings. The van der Waals surface area contributed by atoms with Crippen molar-refractivity contribution in [1.29, 1.82) is 0 Å². The zero-order chi connectivity index (χ0) is 15.1. The van der Waals surface area contributed by atoms with Gasteiger partial charge in [-0.2, -0.15) is 8.78 Å². The van der Waals surface area contributed by atoms with Gasteiger partial charge in [-0.1, -0.05) is 48.5 Å². The number of ether oxygens (including phenoxy) is 1. The molecule has 1 atom stereocenters. The summed E-state index contributed by atoms with van der Waals surface area (Å²) in [5, 5.41) is 10.2. The minimum Gasteiger partial charge on any atom is -0.434 e. The van der Waals surface area contributed by atoms with Crippen LogP contribution in [0.4, 0.5) is 8.78 Å². The predicted molar refractivity (Wildman–Crippen MR) is 77.4 cm³/mol. The SMILES string of the molecule is OC(CCCc1ccccc1)c1ccccc1OC(F)F. The number of aliphatic hydroxyl groups is 1. The van der Waals surface area contributed by atoms with Crippen LogP contribution in [0.1, 0.15) is 30.1 Å². The molecule has 2 rings (SSSR count). The molecule has 0 saturated carbocycles. The fraction of sp³-hybridized carbons (Fsp3) is 0.294. The van der Waals surface area contributed by atoms with Crippen LogP contribution < -0.4 is 4.74 Å². The standard InChI is InChI=1S/C17H18F2O2/c18-17(19)21-16-12-5-4-10-14(16)15(20)11-6-9-13-7-2-1-3-8-13/h1-5,7-8,10,12,15,17,20H,6,9,11H2. The van der Waals surface area contributed by atoms with Crippen molar-refractivity contribution in [3.8, 4) is 5.75 Å². The third-order valence-electron chi connectivity index (χ3n) is 3.28. The first-order valence-electron chi connectivity index (χ1n) is 6.92. The monoisotopic (exact) mass is 292 g/mol. The van der Waals surface area contributed by atoms with Crippen LogP contribution in [0.5, 0.6) is 5.75 Å². The van der Waals surface area contributed by atoms with Gasteiger partial charge in [-0.05, 0) is 30.9 Å². The summed E-state index contributed by atoms with van der Waals surface area (Å²) in [6, 6.07) is 16.3. The lowest BCUT2D eigenvalue weighted by atomic mass is 10.0. The van der Waals surface area contributed by atoms with Crippen molar-refractivity contribution >= 4 is 0 Å². The van der Waals surface area contributed by atoms with E-state index in [0.29, 0.717) is 12.0 Å². The molecule has 21 heavy (non-hydrogen) atoms. The van der Waals surface area contributed by atoms with Crippen LogP contribution in [0.3, 0.4) is 0 Å². The van der Waals surface area contributed by atoms with Gasteiger partial charge in [-0.15, -0.1) is 0 Å². The molecular formula is C17H18F2O2. The van der Waals surface area contributed by atoms with Crippen molar-refractivity contribution in [3.05, 3.63) is 65.7 Å². The van der Waals surface area contributed by atoms with Crippen LogP contribution in [0, 0.1) is 0 Å². The van der Waals surface area contributed by atoms with Gasteiger partial charge in [0.25, 0.3) is 0 Å². The van der Waals surface area contributed by atoms with Crippen molar-refractivity contribution in [2.75, 3.05) is 0 Å². The van der Waals surface area contributed by atoms with Crippen molar-refractivity contribution in [1.82, 2.24) is 0 Å². The average molecular weight is 292 g/mol. The zero-order valence-corrected chi connectivity index (χ0v) is 11.6. The highest BCUT2D eigenvalue weighted by atomic mass is 19.3. The van der Waals surface area contributed by atoms with E-state index in [1.165, 1.54) is 11.6 Å². The van der Waals surface area contributed by atoms with E-state index in [-0.39, 0.29) is 5.75 Å². The van der Waals surface area contributed by atoms with Gasteiger partial charge in [0, 0.05) is 5.56 Å². The summed E-state index contributed by atoms with van der Waals surface area (Å²) in [4.78, 5) is 0. The topological polar surface area (TPSA) is 29.5 Å². The summed E-state index contributed by atoms with van der Waals surface area (Å²) >= 11 is 0. The van der Waals surface area contributed by atoms with Crippen molar-refractivity contribution in [2.24, 2.45) is 0 Å². The van der Waals surface area contributed by atoms with Crippen LogP contribution >= 0.6 is 0 Å². The summed E-state index contributed by atoms with van der Waals surface area (Å²) in [7, 11) is 0. The third kappa shape index (κ3) is 4.83. The highest BCUT2D eigenvalue weighted by molar-refractivity contribution is 5.35. The Morgan fingerprint density at radius 2 is 1.62 bits per heavy atom. The number of aliphatic hydroxyl groups excluding tert-OH is 1. The highest BCUT2D eigenvalue weighted by Crippen LogP contribution is 2.29. The number of hydrogen-bond acceptors (Lipinski definition) is 2. The predicted octanol–water partition coefficient (Wildman–Crippen LogP) is 4.34. The van der Waals surface area contributed by atoms with Gasteiger partial charge in [0.05, 0.1) is 6.10 Å². The summed E-state index contributed by atoms with van der Waals surface area (Å²) < 4.78 is 29.1. The molecule has 0 amide bonds. The average Bonchev–Trinajstić information content (AvgIpc) is 2.48. The van der Waals surface area contributed by atoms with E-state index in [1.54, 1.807) is 18.2 Å². The Bertz CT molecular complexity index is 543. The number of aryl methyl sites for hydroxylation is 1. The van der Waals surface area contributed by atoms with Gasteiger partial charge < -0.3 is 9.84 Å². The number of benzene rings is 2. The van der Waals surface area contributed by atoms with Crippen molar-refractivity contribution in [3.63, 3.8) is 0 Å². The molecule has 0 aliphatic heterocycles. The van der Waals surface area contributed by atoms with E-state index in [1.807, 2.05) is 30.3 Å². The molecular weight excluding hydrogens is 274 g/mol. The lowest BCUT2D eigenvalue weighted by Gasteiger charge is -2.15. The molecule has 0 aromatic heterocycles. The molecule has 0 bridgehead atoms. The van der Waals surface area contributed by atoms with E-state index in [9.17, 15) is 13.9 Å². The zero-order valence-electron chi connectivity index (χ0n) is 11.6. The van der Waals surface area contributed by atoms with Crippen LogP contribution in [0.25, 0.3) is 0 Å². The molecule has 1 N–H and O–H groups in total. The molecule has 4 heteroatoms. The van der Waals surface area contributed by atoms with Crippen molar-refractivity contribution in [2.45, 2.75) is 32.0 Å². The third-order valence-corrected chi connectivity index (χ3v) is 3.28. The van der Waals surface area contributed by atoms with Crippen LogP contribution in [0.2, 0.25) is 0 Å². The van der Waals surface area contributed by atoms with E-state index < -0.39 is 12.7 Å². The number of para-hydroxylation sites is 1.